The van der Waals surface area contributed by atoms with Gasteiger partial charge in [0.2, 0.25) is 0 Å². The average Bonchev–Trinajstić information content (AvgIpc) is 2.84. The van der Waals surface area contributed by atoms with Crippen molar-refractivity contribution in [2.24, 2.45) is 5.92 Å². The molecular formula is C32H63NO2. The molecule has 0 rings (SSSR count). The van der Waals surface area contributed by atoms with E-state index in [1.165, 1.54) is 122 Å². The number of ether oxygens (including phenoxy) is 1. The Balaban J connectivity index is 3.68. The smallest absolute Gasteiger partial charge is 0.306 e. The quantitative estimate of drug-likeness (QED) is 0.0647. The van der Waals surface area contributed by atoms with Crippen LogP contribution in [0.5, 0.6) is 0 Å². The number of carbonyl (C=O) groups excluding carboxylic acids is 1. The molecule has 0 aliphatic rings. The molecule has 3 nitrogen and oxygen atoms in total. The van der Waals surface area contributed by atoms with E-state index < -0.39 is 0 Å². The highest BCUT2D eigenvalue weighted by Gasteiger charge is 2.09. The maximum atomic E-state index is 11.9. The Kier molecular flexibility index (Phi) is 27.1. The van der Waals surface area contributed by atoms with Crippen LogP contribution in [0.4, 0.5) is 0 Å². The first-order valence-electron chi connectivity index (χ1n) is 15.5. The molecule has 3 heteroatoms. The Morgan fingerprint density at radius 2 is 1.17 bits per heavy atom. The van der Waals surface area contributed by atoms with Gasteiger partial charge in [-0.1, -0.05) is 135 Å². The summed E-state index contributed by atoms with van der Waals surface area (Å²) in [5.41, 5.74) is 0. The number of nitrogens with zero attached hydrogens (tertiary/aromatic N) is 1. The summed E-state index contributed by atoms with van der Waals surface area (Å²) >= 11 is 0. The first kappa shape index (κ1) is 34.2. The first-order valence-corrected chi connectivity index (χ1v) is 15.5. The van der Waals surface area contributed by atoms with E-state index in [0.29, 0.717) is 13.0 Å². The molecule has 0 aliphatic carbocycles. The molecule has 0 saturated carbocycles. The maximum absolute atomic E-state index is 11.9. The number of allylic oxidation sites excluding steroid dienone is 1. The highest BCUT2D eigenvalue weighted by atomic mass is 16.5. The van der Waals surface area contributed by atoms with Crippen LogP contribution in [0, 0.1) is 5.92 Å². The van der Waals surface area contributed by atoms with Gasteiger partial charge in [0.05, 0.1) is 0 Å². The van der Waals surface area contributed by atoms with E-state index in [9.17, 15) is 4.79 Å². The van der Waals surface area contributed by atoms with Crippen LogP contribution in [-0.2, 0) is 9.53 Å². The van der Waals surface area contributed by atoms with Gasteiger partial charge in [-0.15, -0.1) is 0 Å². The molecule has 0 aliphatic heterocycles. The zero-order chi connectivity index (χ0) is 25.8. The van der Waals surface area contributed by atoms with E-state index in [4.69, 9.17) is 4.74 Å². The lowest BCUT2D eigenvalue weighted by Crippen LogP contribution is -2.17. The van der Waals surface area contributed by atoms with Gasteiger partial charge >= 0.3 is 5.97 Å². The van der Waals surface area contributed by atoms with Gasteiger partial charge in [0.15, 0.2) is 0 Å². The molecule has 0 heterocycles. The van der Waals surface area contributed by atoms with Crippen molar-refractivity contribution in [1.82, 2.24) is 4.90 Å². The van der Waals surface area contributed by atoms with Gasteiger partial charge in [-0.3, -0.25) is 4.79 Å². The molecule has 0 aromatic heterocycles. The zero-order valence-corrected chi connectivity index (χ0v) is 24.5. The molecule has 0 aromatic rings. The fourth-order valence-electron chi connectivity index (χ4n) is 4.76. The van der Waals surface area contributed by atoms with Gasteiger partial charge < -0.3 is 9.64 Å². The normalized spacial score (nSPS) is 12.6. The number of esters is 1. The summed E-state index contributed by atoms with van der Waals surface area (Å²) in [5, 5.41) is 0. The fourth-order valence-corrected chi connectivity index (χ4v) is 4.76. The predicted molar refractivity (Wildman–Crippen MR) is 155 cm³/mol. The van der Waals surface area contributed by atoms with Gasteiger partial charge in [0.25, 0.3) is 0 Å². The number of unbranched alkanes of at least 4 members (excludes halogenated alkanes) is 15. The van der Waals surface area contributed by atoms with Crippen LogP contribution < -0.4 is 0 Å². The molecular weight excluding hydrogens is 430 g/mol. The van der Waals surface area contributed by atoms with Crippen molar-refractivity contribution in [3.05, 3.63) is 12.2 Å². The first-order chi connectivity index (χ1) is 17.1. The van der Waals surface area contributed by atoms with E-state index in [0.717, 1.165) is 25.2 Å². The van der Waals surface area contributed by atoms with Gasteiger partial charge in [-0.25, -0.2) is 0 Å². The van der Waals surface area contributed by atoms with Crippen molar-refractivity contribution in [2.45, 2.75) is 155 Å². The number of rotatable bonds is 27. The second kappa shape index (κ2) is 27.8. The van der Waals surface area contributed by atoms with Crippen LogP contribution in [0.3, 0.4) is 0 Å². The van der Waals surface area contributed by atoms with Gasteiger partial charge in [0.1, 0.15) is 6.61 Å². The summed E-state index contributed by atoms with van der Waals surface area (Å²) in [6.45, 7) is 6.20. The topological polar surface area (TPSA) is 29.5 Å². The third-order valence-electron chi connectivity index (χ3n) is 7.18. The minimum atomic E-state index is -0.0327. The lowest BCUT2D eigenvalue weighted by atomic mass is 9.91. The summed E-state index contributed by atoms with van der Waals surface area (Å²) < 4.78 is 5.32. The standard InChI is InChI=1S/C32H63NO2/c1-5-7-9-11-13-17-21-25-31(28-29-33(3)4)26-22-18-14-15-19-23-27-32(34)35-30-24-20-16-12-10-8-6-2/h20,24,31H,5-19,21-23,25-30H2,1-4H3. The zero-order valence-electron chi connectivity index (χ0n) is 24.5. The van der Waals surface area contributed by atoms with E-state index in [1.54, 1.807) is 0 Å². The van der Waals surface area contributed by atoms with E-state index in [2.05, 4.69) is 38.9 Å². The number of hydrogen-bond donors (Lipinski definition) is 0. The van der Waals surface area contributed by atoms with E-state index in [-0.39, 0.29) is 5.97 Å². The van der Waals surface area contributed by atoms with Gasteiger partial charge in [0, 0.05) is 6.42 Å². The van der Waals surface area contributed by atoms with Crippen LogP contribution in [0.1, 0.15) is 155 Å². The highest BCUT2D eigenvalue weighted by Crippen LogP contribution is 2.22. The maximum Gasteiger partial charge on any atom is 0.306 e. The minimum Gasteiger partial charge on any atom is -0.461 e. The second-order valence-corrected chi connectivity index (χ2v) is 11.0. The largest absolute Gasteiger partial charge is 0.461 e. The van der Waals surface area contributed by atoms with Crippen molar-refractivity contribution < 1.29 is 9.53 Å². The fraction of sp³-hybridized carbons (Fsp3) is 0.906. The summed E-state index contributed by atoms with van der Waals surface area (Å²) in [5.74, 6) is 0.878. The molecule has 0 fully saturated rings. The molecule has 0 N–H and O–H groups in total. The molecule has 0 radical (unpaired) electrons. The number of carbonyl (C=O) groups is 1. The molecule has 1 unspecified atom stereocenters. The highest BCUT2D eigenvalue weighted by molar-refractivity contribution is 5.69. The third kappa shape index (κ3) is 27.6. The Hall–Kier alpha value is -0.830. The van der Waals surface area contributed by atoms with Crippen molar-refractivity contribution in [1.29, 1.82) is 0 Å². The van der Waals surface area contributed by atoms with E-state index >= 15 is 0 Å². The molecule has 0 spiro atoms. The van der Waals surface area contributed by atoms with Crippen LogP contribution in [0.15, 0.2) is 12.2 Å². The van der Waals surface area contributed by atoms with Crippen LogP contribution in [-0.4, -0.2) is 38.1 Å². The van der Waals surface area contributed by atoms with Crippen molar-refractivity contribution in [3.63, 3.8) is 0 Å². The van der Waals surface area contributed by atoms with Crippen molar-refractivity contribution in [2.75, 3.05) is 27.2 Å². The SMILES string of the molecule is CCCCCCC=CCOC(=O)CCCCCCCCC(CCCCCCCCC)CCN(C)C. The summed E-state index contributed by atoms with van der Waals surface area (Å²) in [6, 6.07) is 0. The lowest BCUT2D eigenvalue weighted by molar-refractivity contribution is -0.142. The third-order valence-corrected chi connectivity index (χ3v) is 7.18. The Morgan fingerprint density at radius 1 is 0.657 bits per heavy atom. The van der Waals surface area contributed by atoms with Crippen LogP contribution in [0.25, 0.3) is 0 Å². The molecule has 35 heavy (non-hydrogen) atoms. The van der Waals surface area contributed by atoms with Crippen LogP contribution >= 0.6 is 0 Å². The summed E-state index contributed by atoms with van der Waals surface area (Å²) in [6.07, 6.45) is 32.5. The molecule has 208 valence electrons. The Morgan fingerprint density at radius 3 is 1.74 bits per heavy atom. The minimum absolute atomic E-state index is 0.0327. The van der Waals surface area contributed by atoms with Crippen molar-refractivity contribution in [3.8, 4) is 0 Å². The second-order valence-electron chi connectivity index (χ2n) is 11.0. The average molecular weight is 494 g/mol. The summed E-state index contributed by atoms with van der Waals surface area (Å²) in [7, 11) is 4.40. The molecule has 0 bridgehead atoms. The lowest BCUT2D eigenvalue weighted by Gasteiger charge is -2.19. The number of hydrogen-bond acceptors (Lipinski definition) is 3. The monoisotopic (exact) mass is 493 g/mol. The molecule has 1 atom stereocenters. The predicted octanol–water partition coefficient (Wildman–Crippen LogP) is 9.89. The Bertz CT molecular complexity index is 460. The van der Waals surface area contributed by atoms with Crippen molar-refractivity contribution >= 4 is 5.97 Å². The van der Waals surface area contributed by atoms with Crippen LogP contribution in [0.2, 0.25) is 0 Å². The summed E-state index contributed by atoms with van der Waals surface area (Å²) in [4.78, 5) is 14.2. The van der Waals surface area contributed by atoms with Gasteiger partial charge in [-0.05, 0) is 52.2 Å². The van der Waals surface area contributed by atoms with Gasteiger partial charge in [-0.2, -0.15) is 0 Å². The van der Waals surface area contributed by atoms with E-state index in [1.807, 2.05) is 6.08 Å². The Labute approximate surface area is 220 Å². The molecule has 0 aromatic carbocycles. The molecule has 0 saturated heterocycles. The molecule has 0 amide bonds.